The molecule has 8 N–H and O–H groups in total. The highest BCUT2D eigenvalue weighted by Crippen LogP contribution is 2.34. The van der Waals surface area contributed by atoms with Crippen LogP contribution in [0.25, 0.3) is 22.3 Å². The fourth-order valence-corrected chi connectivity index (χ4v) is 4.71. The van der Waals surface area contributed by atoms with Crippen LogP contribution in [0.3, 0.4) is 0 Å². The van der Waals surface area contributed by atoms with Crippen LogP contribution in [0.1, 0.15) is 6.92 Å². The van der Waals surface area contributed by atoms with Crippen LogP contribution >= 0.6 is 0 Å². The smallest absolute Gasteiger partial charge is 0.229 e. The average molecular weight is 579 g/mol. The molecule has 0 aliphatic carbocycles. The highest BCUT2D eigenvalue weighted by molar-refractivity contribution is 5.86. The van der Waals surface area contributed by atoms with E-state index in [-0.39, 0.29) is 28.2 Å². The molecule has 41 heavy (non-hydrogen) atoms. The Hall–Kier alpha value is -3.31. The van der Waals surface area contributed by atoms with E-state index in [1.165, 1.54) is 43.3 Å². The first-order valence-corrected chi connectivity index (χ1v) is 12.7. The van der Waals surface area contributed by atoms with Crippen molar-refractivity contribution in [3.05, 3.63) is 52.7 Å². The van der Waals surface area contributed by atoms with Gasteiger partial charge in [-0.2, -0.15) is 0 Å². The van der Waals surface area contributed by atoms with E-state index in [0.717, 1.165) is 6.07 Å². The van der Waals surface area contributed by atoms with Crippen molar-refractivity contribution in [3.8, 4) is 28.6 Å². The number of ether oxygens (including phenoxy) is 4. The fraction of sp³-hybridized carbons (Fsp3) is 0.444. The van der Waals surface area contributed by atoms with Crippen molar-refractivity contribution in [2.75, 3.05) is 6.61 Å². The summed E-state index contributed by atoms with van der Waals surface area (Å²) in [5.41, 5.74) is -0.149. The van der Waals surface area contributed by atoms with E-state index in [0.29, 0.717) is 5.56 Å². The van der Waals surface area contributed by atoms with Crippen LogP contribution in [0.4, 0.5) is 0 Å². The molecule has 0 radical (unpaired) electrons. The molecule has 10 atom stereocenters. The molecule has 5 rings (SSSR count). The molecule has 222 valence electrons. The van der Waals surface area contributed by atoms with Gasteiger partial charge in [0.15, 0.2) is 11.7 Å². The Morgan fingerprint density at radius 1 is 0.780 bits per heavy atom. The van der Waals surface area contributed by atoms with Gasteiger partial charge in [-0.15, -0.1) is 0 Å². The van der Waals surface area contributed by atoms with Gasteiger partial charge in [0.2, 0.25) is 6.29 Å². The van der Waals surface area contributed by atoms with Crippen molar-refractivity contribution in [2.45, 2.75) is 68.3 Å². The Balaban J connectivity index is 1.35. The van der Waals surface area contributed by atoms with E-state index in [9.17, 15) is 45.6 Å². The van der Waals surface area contributed by atoms with Crippen LogP contribution in [-0.4, -0.2) is 109 Å². The number of hydrogen-bond acceptors (Lipinski definition) is 14. The summed E-state index contributed by atoms with van der Waals surface area (Å²) < 4.78 is 27.9. The average Bonchev–Trinajstić information content (AvgIpc) is 2.94. The maximum Gasteiger partial charge on any atom is 0.229 e. The molecule has 1 aromatic heterocycles. The zero-order valence-electron chi connectivity index (χ0n) is 21.5. The molecule has 10 unspecified atom stereocenters. The Bertz CT molecular complexity index is 1420. The summed E-state index contributed by atoms with van der Waals surface area (Å²) in [6.45, 7) is 0.969. The molecule has 2 saturated heterocycles. The van der Waals surface area contributed by atoms with Gasteiger partial charge in [-0.3, -0.25) is 4.79 Å². The normalized spacial score (nSPS) is 34.0. The van der Waals surface area contributed by atoms with Crippen LogP contribution in [0, 0.1) is 0 Å². The Morgan fingerprint density at radius 3 is 2.15 bits per heavy atom. The third-order valence-corrected chi connectivity index (χ3v) is 7.09. The minimum atomic E-state index is -1.76. The van der Waals surface area contributed by atoms with E-state index < -0.39 is 79.2 Å². The molecule has 0 saturated carbocycles. The van der Waals surface area contributed by atoms with Crippen molar-refractivity contribution >= 4 is 11.0 Å². The molecular formula is C27H30O14. The quantitative estimate of drug-likeness (QED) is 0.174. The van der Waals surface area contributed by atoms with Gasteiger partial charge in [0.05, 0.1) is 12.7 Å². The highest BCUT2D eigenvalue weighted by atomic mass is 16.7. The van der Waals surface area contributed by atoms with Crippen molar-refractivity contribution < 1.29 is 64.2 Å². The molecule has 14 nitrogen and oxygen atoms in total. The first kappa shape index (κ1) is 29.2. The Kier molecular flexibility index (Phi) is 8.20. The Morgan fingerprint density at radius 2 is 1.44 bits per heavy atom. The number of aromatic hydroxyl groups is 2. The summed E-state index contributed by atoms with van der Waals surface area (Å²) in [7, 11) is 0. The number of hydrogen-bond donors (Lipinski definition) is 8. The van der Waals surface area contributed by atoms with Crippen LogP contribution in [0.2, 0.25) is 0 Å². The summed E-state index contributed by atoms with van der Waals surface area (Å²) in [6, 6.07) is 9.40. The lowest BCUT2D eigenvalue weighted by atomic mass is 9.98. The summed E-state index contributed by atoms with van der Waals surface area (Å²) in [6.07, 6.45) is -14.9. The highest BCUT2D eigenvalue weighted by Gasteiger charge is 2.47. The van der Waals surface area contributed by atoms with E-state index in [2.05, 4.69) is 0 Å². The first-order chi connectivity index (χ1) is 19.4. The van der Waals surface area contributed by atoms with E-state index >= 15 is 0 Å². The topological polar surface area (TPSA) is 229 Å². The minimum absolute atomic E-state index is 0.0145. The van der Waals surface area contributed by atoms with Gasteiger partial charge in [0.25, 0.3) is 0 Å². The van der Waals surface area contributed by atoms with Crippen molar-refractivity contribution in [2.24, 2.45) is 0 Å². The number of fused-ring (bicyclic) bond motifs is 1. The van der Waals surface area contributed by atoms with E-state index in [1.807, 2.05) is 0 Å². The summed E-state index contributed by atoms with van der Waals surface area (Å²) >= 11 is 0. The van der Waals surface area contributed by atoms with Gasteiger partial charge in [-0.1, -0.05) is 0 Å². The SMILES string of the molecule is CC1OC(OCC2OC(Oc3cc(O)c4c(=O)cc(-c5ccc(O)cc5)oc4c3)C(O)C(O)C2O)C(O)C(O)C1O. The largest absolute Gasteiger partial charge is 0.508 e. The number of benzene rings is 2. The second-order valence-electron chi connectivity index (χ2n) is 9.98. The molecule has 2 aliphatic heterocycles. The number of phenolic OH excluding ortho intramolecular Hbond substituents is 2. The third-order valence-electron chi connectivity index (χ3n) is 7.09. The van der Waals surface area contributed by atoms with Crippen LogP contribution in [0.15, 0.2) is 51.7 Å². The Labute approximate surface area is 231 Å². The maximum absolute atomic E-state index is 12.7. The predicted octanol–water partition coefficient (Wildman–Crippen LogP) is -1.10. The molecule has 2 fully saturated rings. The standard InChI is InChI=1S/C27H30O14/c1-10-20(31)22(33)24(35)26(38-10)37-9-18-21(32)23(34)25(36)27(41-18)39-13-6-14(29)19-15(30)8-16(40-17(19)7-13)11-2-4-12(28)5-3-11/h2-8,10,18,20-29,31-36H,9H2,1H3. The van der Waals surface area contributed by atoms with Gasteiger partial charge in [0, 0.05) is 23.8 Å². The van der Waals surface area contributed by atoms with Crippen LogP contribution in [-0.2, 0) is 14.2 Å². The lowest BCUT2D eigenvalue weighted by molar-refractivity contribution is -0.318. The summed E-state index contributed by atoms with van der Waals surface area (Å²) in [4.78, 5) is 12.7. The number of rotatable bonds is 6. The van der Waals surface area contributed by atoms with Crippen molar-refractivity contribution in [3.63, 3.8) is 0 Å². The van der Waals surface area contributed by atoms with Gasteiger partial charge in [0.1, 0.15) is 76.7 Å². The number of phenols is 2. The molecule has 2 aliphatic rings. The minimum Gasteiger partial charge on any atom is -0.508 e. The van der Waals surface area contributed by atoms with E-state index in [4.69, 9.17) is 23.4 Å². The van der Waals surface area contributed by atoms with Gasteiger partial charge >= 0.3 is 0 Å². The molecule has 14 heteroatoms. The van der Waals surface area contributed by atoms with Gasteiger partial charge < -0.3 is 64.2 Å². The first-order valence-electron chi connectivity index (χ1n) is 12.7. The summed E-state index contributed by atoms with van der Waals surface area (Å²) in [5.74, 6) is -0.457. The molecule has 0 spiro atoms. The fourth-order valence-electron chi connectivity index (χ4n) is 4.71. The van der Waals surface area contributed by atoms with Crippen LogP contribution in [0.5, 0.6) is 17.2 Å². The molecule has 2 aromatic carbocycles. The van der Waals surface area contributed by atoms with Crippen LogP contribution < -0.4 is 10.2 Å². The lowest BCUT2D eigenvalue weighted by Crippen LogP contribution is -2.61. The second-order valence-corrected chi connectivity index (χ2v) is 9.98. The maximum atomic E-state index is 12.7. The number of aliphatic hydroxyl groups excluding tert-OH is 6. The number of aliphatic hydroxyl groups is 6. The predicted molar refractivity (Wildman–Crippen MR) is 137 cm³/mol. The van der Waals surface area contributed by atoms with Crippen molar-refractivity contribution in [1.29, 1.82) is 0 Å². The monoisotopic (exact) mass is 578 g/mol. The molecule has 0 bridgehead atoms. The third kappa shape index (κ3) is 5.74. The lowest BCUT2D eigenvalue weighted by Gasteiger charge is -2.42. The van der Waals surface area contributed by atoms with Gasteiger partial charge in [-0.25, -0.2) is 0 Å². The molecule has 0 amide bonds. The van der Waals surface area contributed by atoms with Crippen molar-refractivity contribution in [1.82, 2.24) is 0 Å². The summed E-state index contributed by atoms with van der Waals surface area (Å²) in [5, 5.41) is 81.2. The second kappa shape index (κ2) is 11.5. The molecule has 3 heterocycles. The van der Waals surface area contributed by atoms with Gasteiger partial charge in [-0.05, 0) is 31.2 Å². The molecule has 3 aromatic rings. The zero-order valence-corrected chi connectivity index (χ0v) is 21.5. The zero-order chi connectivity index (χ0) is 29.6. The van der Waals surface area contributed by atoms with E-state index in [1.54, 1.807) is 0 Å². The molecular weight excluding hydrogens is 548 g/mol.